The van der Waals surface area contributed by atoms with Crippen molar-refractivity contribution in [3.05, 3.63) is 60.4 Å². The van der Waals surface area contributed by atoms with Crippen molar-refractivity contribution in [2.24, 2.45) is 0 Å². The maximum Gasteiger partial charge on any atom is 0.419 e. The van der Waals surface area contributed by atoms with Crippen LogP contribution in [-0.4, -0.2) is 25.5 Å². The van der Waals surface area contributed by atoms with E-state index in [1.165, 1.54) is 4.57 Å². The van der Waals surface area contributed by atoms with E-state index in [1.54, 1.807) is 24.5 Å². The number of aromatic nitrogens is 2. The lowest BCUT2D eigenvalue weighted by Gasteiger charge is -2.19. The SMILES string of the molecule is CC(C)(C)OC(=O)n1cc(CS(=O)c2ccccn2)c2ccccc21. The third kappa shape index (κ3) is 3.96. The first-order valence-electron chi connectivity index (χ1n) is 7.97. The average molecular weight is 356 g/mol. The third-order valence-electron chi connectivity index (χ3n) is 3.54. The molecule has 1 unspecified atom stereocenters. The van der Waals surface area contributed by atoms with Gasteiger partial charge in [0.1, 0.15) is 10.6 Å². The summed E-state index contributed by atoms with van der Waals surface area (Å²) in [7, 11) is -1.29. The fourth-order valence-electron chi connectivity index (χ4n) is 2.52. The van der Waals surface area contributed by atoms with Gasteiger partial charge in [-0.15, -0.1) is 0 Å². The normalized spacial score (nSPS) is 12.9. The molecule has 0 aliphatic heterocycles. The summed E-state index contributed by atoms with van der Waals surface area (Å²) in [5.41, 5.74) is 0.981. The van der Waals surface area contributed by atoms with Crippen LogP contribution in [0.4, 0.5) is 4.79 Å². The number of fused-ring (bicyclic) bond motifs is 1. The maximum atomic E-state index is 12.6. The molecule has 3 aromatic rings. The lowest BCUT2D eigenvalue weighted by Crippen LogP contribution is -2.26. The van der Waals surface area contributed by atoms with Crippen molar-refractivity contribution in [1.29, 1.82) is 0 Å². The van der Waals surface area contributed by atoms with Crippen molar-refractivity contribution in [3.8, 4) is 0 Å². The Morgan fingerprint density at radius 1 is 1.16 bits per heavy atom. The highest BCUT2D eigenvalue weighted by molar-refractivity contribution is 7.84. The molecule has 2 aromatic heterocycles. The third-order valence-corrected chi connectivity index (χ3v) is 4.82. The molecule has 0 fully saturated rings. The highest BCUT2D eigenvalue weighted by Crippen LogP contribution is 2.25. The zero-order chi connectivity index (χ0) is 18.0. The van der Waals surface area contributed by atoms with Crippen LogP contribution in [0.15, 0.2) is 59.9 Å². The van der Waals surface area contributed by atoms with Crippen LogP contribution >= 0.6 is 0 Å². The minimum atomic E-state index is -1.29. The molecular weight excluding hydrogens is 336 g/mol. The Morgan fingerprint density at radius 3 is 2.56 bits per heavy atom. The van der Waals surface area contributed by atoms with Gasteiger partial charge in [0.2, 0.25) is 0 Å². The van der Waals surface area contributed by atoms with E-state index in [4.69, 9.17) is 4.74 Å². The molecule has 0 bridgehead atoms. The number of carbonyl (C=O) groups excluding carboxylic acids is 1. The zero-order valence-corrected chi connectivity index (χ0v) is 15.2. The molecule has 0 N–H and O–H groups in total. The molecule has 3 rings (SSSR count). The molecule has 0 spiro atoms. The Hall–Kier alpha value is -2.47. The molecule has 0 amide bonds. The fourth-order valence-corrected chi connectivity index (χ4v) is 3.59. The summed E-state index contributed by atoms with van der Waals surface area (Å²) in [4.78, 5) is 16.6. The van der Waals surface area contributed by atoms with Gasteiger partial charge >= 0.3 is 6.09 Å². The lowest BCUT2D eigenvalue weighted by molar-refractivity contribution is 0.0544. The van der Waals surface area contributed by atoms with E-state index in [-0.39, 0.29) is 5.75 Å². The van der Waals surface area contributed by atoms with Gasteiger partial charge in [-0.2, -0.15) is 0 Å². The number of hydrogen-bond donors (Lipinski definition) is 0. The van der Waals surface area contributed by atoms with E-state index in [0.29, 0.717) is 5.03 Å². The van der Waals surface area contributed by atoms with Crippen LogP contribution in [0.2, 0.25) is 0 Å². The molecule has 25 heavy (non-hydrogen) atoms. The van der Waals surface area contributed by atoms with Gasteiger partial charge in [-0.05, 0) is 44.5 Å². The maximum absolute atomic E-state index is 12.6. The summed E-state index contributed by atoms with van der Waals surface area (Å²) < 4.78 is 19.5. The zero-order valence-electron chi connectivity index (χ0n) is 14.4. The summed E-state index contributed by atoms with van der Waals surface area (Å²) in [6, 6.07) is 12.9. The van der Waals surface area contributed by atoms with Gasteiger partial charge in [0.15, 0.2) is 0 Å². The quantitative estimate of drug-likeness (QED) is 0.708. The van der Waals surface area contributed by atoms with Gasteiger partial charge in [-0.3, -0.25) is 8.78 Å². The molecule has 5 nitrogen and oxygen atoms in total. The van der Waals surface area contributed by atoms with Crippen LogP contribution in [0, 0.1) is 0 Å². The molecule has 0 aliphatic carbocycles. The summed E-state index contributed by atoms with van der Waals surface area (Å²) in [6.45, 7) is 5.48. The van der Waals surface area contributed by atoms with E-state index in [9.17, 15) is 9.00 Å². The van der Waals surface area contributed by atoms with Crippen molar-refractivity contribution in [3.63, 3.8) is 0 Å². The van der Waals surface area contributed by atoms with E-state index in [0.717, 1.165) is 16.5 Å². The van der Waals surface area contributed by atoms with Crippen LogP contribution in [0.5, 0.6) is 0 Å². The first-order valence-corrected chi connectivity index (χ1v) is 9.29. The van der Waals surface area contributed by atoms with Crippen LogP contribution in [0.1, 0.15) is 26.3 Å². The number of rotatable bonds is 3. The molecular formula is C19H20N2O3S. The van der Waals surface area contributed by atoms with Crippen molar-refractivity contribution in [2.75, 3.05) is 0 Å². The van der Waals surface area contributed by atoms with Crippen molar-refractivity contribution < 1.29 is 13.7 Å². The Labute approximate surface area is 149 Å². The van der Waals surface area contributed by atoms with Crippen LogP contribution in [-0.2, 0) is 21.3 Å². The van der Waals surface area contributed by atoms with Gasteiger partial charge in [0.25, 0.3) is 0 Å². The predicted molar refractivity (Wildman–Crippen MR) is 97.9 cm³/mol. The minimum absolute atomic E-state index is 0.285. The number of hydrogen-bond acceptors (Lipinski definition) is 4. The van der Waals surface area contributed by atoms with E-state index < -0.39 is 22.5 Å². The number of nitrogens with zero attached hydrogens (tertiary/aromatic N) is 2. The average Bonchev–Trinajstić information content (AvgIpc) is 2.93. The Morgan fingerprint density at radius 2 is 1.88 bits per heavy atom. The first kappa shape index (κ1) is 17.4. The van der Waals surface area contributed by atoms with Gasteiger partial charge in [0, 0.05) is 17.8 Å². The summed E-state index contributed by atoms with van der Waals surface area (Å²) >= 11 is 0. The van der Waals surface area contributed by atoms with Gasteiger partial charge in [-0.1, -0.05) is 24.3 Å². The largest absolute Gasteiger partial charge is 0.443 e. The molecule has 0 saturated carbocycles. The Bertz CT molecular complexity index is 927. The summed E-state index contributed by atoms with van der Waals surface area (Å²) in [5, 5.41) is 1.41. The first-order chi connectivity index (χ1) is 11.8. The molecule has 2 heterocycles. The van der Waals surface area contributed by atoms with Gasteiger partial charge in [0.05, 0.1) is 22.1 Å². The molecule has 1 aromatic carbocycles. The summed E-state index contributed by atoms with van der Waals surface area (Å²) in [5.74, 6) is 0.285. The van der Waals surface area contributed by atoms with Gasteiger partial charge in [-0.25, -0.2) is 9.78 Å². The number of carbonyl (C=O) groups is 1. The van der Waals surface area contributed by atoms with Crippen molar-refractivity contribution in [2.45, 2.75) is 37.2 Å². The minimum Gasteiger partial charge on any atom is -0.443 e. The fraction of sp³-hybridized carbons (Fsp3) is 0.263. The molecule has 130 valence electrons. The van der Waals surface area contributed by atoms with Crippen LogP contribution < -0.4 is 0 Å². The predicted octanol–water partition coefficient (Wildman–Crippen LogP) is 4.13. The van der Waals surface area contributed by atoms with Crippen LogP contribution in [0.25, 0.3) is 10.9 Å². The monoisotopic (exact) mass is 356 g/mol. The van der Waals surface area contributed by atoms with Crippen molar-refractivity contribution in [1.82, 2.24) is 9.55 Å². The lowest BCUT2D eigenvalue weighted by atomic mass is 10.2. The van der Waals surface area contributed by atoms with Crippen LogP contribution in [0.3, 0.4) is 0 Å². The molecule has 0 saturated heterocycles. The Kier molecular flexibility index (Phi) is 4.72. The summed E-state index contributed by atoms with van der Waals surface area (Å²) in [6.07, 6.45) is 2.88. The topological polar surface area (TPSA) is 61.2 Å². The van der Waals surface area contributed by atoms with E-state index >= 15 is 0 Å². The van der Waals surface area contributed by atoms with E-state index in [2.05, 4.69) is 4.98 Å². The van der Waals surface area contributed by atoms with Gasteiger partial charge < -0.3 is 4.74 Å². The van der Waals surface area contributed by atoms with Crippen molar-refractivity contribution >= 4 is 27.8 Å². The highest BCUT2D eigenvalue weighted by Gasteiger charge is 2.21. The highest BCUT2D eigenvalue weighted by atomic mass is 32.2. The second kappa shape index (κ2) is 6.80. The number of para-hydroxylation sites is 1. The molecule has 6 heteroatoms. The molecule has 1 atom stereocenters. The second-order valence-electron chi connectivity index (χ2n) is 6.68. The second-order valence-corrected chi connectivity index (χ2v) is 8.08. The Balaban J connectivity index is 1.97. The standard InChI is InChI=1S/C19H20N2O3S/c1-19(2,3)24-18(22)21-12-14(15-8-4-5-9-16(15)21)13-25(23)17-10-6-7-11-20-17/h4-12H,13H2,1-3H3. The molecule has 0 aliphatic rings. The number of benzene rings is 1. The molecule has 0 radical (unpaired) electrons. The number of ether oxygens (including phenoxy) is 1. The van der Waals surface area contributed by atoms with E-state index in [1.807, 2.05) is 51.1 Å². The smallest absolute Gasteiger partial charge is 0.419 e. The number of pyridine rings is 1.